The second kappa shape index (κ2) is 11.0. The zero-order chi connectivity index (χ0) is 27.7. The van der Waals surface area contributed by atoms with Gasteiger partial charge in [-0.15, -0.1) is 0 Å². The summed E-state index contributed by atoms with van der Waals surface area (Å²) in [7, 11) is 0. The first-order valence-electron chi connectivity index (χ1n) is 13.0. The highest BCUT2D eigenvalue weighted by atomic mass is 32.1. The maximum atomic E-state index is 13.3. The molecule has 2 aromatic carbocycles. The summed E-state index contributed by atoms with van der Waals surface area (Å²) in [6.45, 7) is 8.96. The van der Waals surface area contributed by atoms with Gasteiger partial charge >= 0.3 is 0 Å². The van der Waals surface area contributed by atoms with Crippen LogP contribution in [0.5, 0.6) is 0 Å². The summed E-state index contributed by atoms with van der Waals surface area (Å²) in [6.07, 6.45) is 2.01. The molecule has 1 fully saturated rings. The van der Waals surface area contributed by atoms with Crippen LogP contribution in [0, 0.1) is 33.5 Å². The Morgan fingerprint density at radius 2 is 1.82 bits per heavy atom. The van der Waals surface area contributed by atoms with Crippen molar-refractivity contribution in [1.29, 1.82) is 0 Å². The van der Waals surface area contributed by atoms with Gasteiger partial charge in [-0.2, -0.15) is 0 Å². The standard InChI is InChI=1S/C31H32FN5OS/c1-19-8-7-10-27(21(19)3)37-20(2)18-25(22(37)4)30-29(26-9-5-6-16-33-26)35-31(39)36(30)17-15-28(38)34-24-13-11-23(32)12-14-24/h5-14,16,18,29-30H,15,17H2,1-4H3,(H,34,38)(H,35,39)/t29-,30-/m1/s1. The molecule has 1 amide bonds. The molecule has 0 unspecified atom stereocenters. The highest BCUT2D eigenvalue weighted by molar-refractivity contribution is 7.80. The third kappa shape index (κ3) is 5.29. The number of nitrogens with one attached hydrogen (secondary N) is 2. The molecule has 2 aromatic heterocycles. The highest BCUT2D eigenvalue weighted by Crippen LogP contribution is 2.41. The van der Waals surface area contributed by atoms with Crippen molar-refractivity contribution in [2.45, 2.75) is 46.2 Å². The molecule has 1 saturated heterocycles. The summed E-state index contributed by atoms with van der Waals surface area (Å²) in [5.41, 5.74) is 8.47. The van der Waals surface area contributed by atoms with E-state index in [0.717, 1.165) is 28.3 Å². The lowest BCUT2D eigenvalue weighted by Gasteiger charge is -2.28. The Kier molecular flexibility index (Phi) is 7.48. The van der Waals surface area contributed by atoms with Crippen LogP contribution >= 0.6 is 12.2 Å². The van der Waals surface area contributed by atoms with E-state index in [1.807, 2.05) is 18.2 Å². The monoisotopic (exact) mass is 541 g/mol. The number of carbonyl (C=O) groups excluding carboxylic acids is 1. The summed E-state index contributed by atoms with van der Waals surface area (Å²) < 4.78 is 15.6. The van der Waals surface area contributed by atoms with Gasteiger partial charge in [0.15, 0.2) is 5.11 Å². The van der Waals surface area contributed by atoms with Crippen LogP contribution < -0.4 is 10.6 Å². The predicted octanol–water partition coefficient (Wildman–Crippen LogP) is 6.25. The lowest BCUT2D eigenvalue weighted by molar-refractivity contribution is -0.116. The predicted molar refractivity (Wildman–Crippen MR) is 157 cm³/mol. The van der Waals surface area contributed by atoms with Crippen molar-refractivity contribution in [3.63, 3.8) is 0 Å². The Bertz CT molecular complexity index is 1520. The normalized spacial score (nSPS) is 16.8. The van der Waals surface area contributed by atoms with Crippen LogP contribution in [0.2, 0.25) is 0 Å². The number of pyridine rings is 1. The molecule has 0 bridgehead atoms. The lowest BCUT2D eigenvalue weighted by Crippen LogP contribution is -2.32. The fraction of sp³-hybridized carbons (Fsp3) is 0.258. The third-order valence-electron chi connectivity index (χ3n) is 7.51. The van der Waals surface area contributed by atoms with Crippen LogP contribution in [0.4, 0.5) is 10.1 Å². The topological polar surface area (TPSA) is 62.2 Å². The second-order valence-corrected chi connectivity index (χ2v) is 10.4. The van der Waals surface area contributed by atoms with Crippen LogP contribution in [0.15, 0.2) is 72.9 Å². The molecule has 0 radical (unpaired) electrons. The van der Waals surface area contributed by atoms with Gasteiger partial charge in [-0.05, 0) is 105 Å². The number of aryl methyl sites for hydroxylation is 2. The first-order valence-corrected chi connectivity index (χ1v) is 13.4. The average Bonchev–Trinajstić information content (AvgIpc) is 3.40. The Balaban J connectivity index is 1.48. The van der Waals surface area contributed by atoms with Gasteiger partial charge in [0, 0.05) is 41.9 Å². The number of aromatic nitrogens is 2. The van der Waals surface area contributed by atoms with E-state index in [4.69, 9.17) is 12.2 Å². The highest BCUT2D eigenvalue weighted by Gasteiger charge is 2.41. The van der Waals surface area contributed by atoms with Crippen molar-refractivity contribution < 1.29 is 9.18 Å². The fourth-order valence-corrected chi connectivity index (χ4v) is 5.73. The summed E-state index contributed by atoms with van der Waals surface area (Å²) in [4.78, 5) is 19.6. The molecular formula is C31H32FN5OS. The average molecular weight is 542 g/mol. The molecule has 0 spiro atoms. The smallest absolute Gasteiger partial charge is 0.226 e. The minimum atomic E-state index is -0.344. The van der Waals surface area contributed by atoms with Crippen molar-refractivity contribution in [3.8, 4) is 5.69 Å². The molecule has 1 aliphatic rings. The summed E-state index contributed by atoms with van der Waals surface area (Å²) in [5, 5.41) is 6.91. The number of carbonyl (C=O) groups is 1. The van der Waals surface area contributed by atoms with Crippen molar-refractivity contribution >= 4 is 28.9 Å². The van der Waals surface area contributed by atoms with Crippen LogP contribution in [0.25, 0.3) is 5.69 Å². The van der Waals surface area contributed by atoms with E-state index in [1.54, 1.807) is 18.3 Å². The van der Waals surface area contributed by atoms with E-state index >= 15 is 0 Å². The Hall–Kier alpha value is -4.04. The van der Waals surface area contributed by atoms with Gasteiger partial charge in [0.05, 0.1) is 17.8 Å². The summed E-state index contributed by atoms with van der Waals surface area (Å²) in [5.74, 6) is -0.506. The zero-order valence-electron chi connectivity index (χ0n) is 22.5. The SMILES string of the molecule is Cc1cccc(-n2c(C)cc([C@@H]3[C@@H](c4ccccn4)NC(=S)N3CCC(=O)Nc3ccc(F)cc3)c2C)c1C. The Morgan fingerprint density at radius 3 is 2.54 bits per heavy atom. The molecule has 200 valence electrons. The van der Waals surface area contributed by atoms with Gasteiger partial charge in [-0.1, -0.05) is 18.2 Å². The maximum Gasteiger partial charge on any atom is 0.226 e. The summed E-state index contributed by atoms with van der Waals surface area (Å²) >= 11 is 5.81. The van der Waals surface area contributed by atoms with Gasteiger partial charge in [0.25, 0.3) is 0 Å². The molecule has 39 heavy (non-hydrogen) atoms. The van der Waals surface area contributed by atoms with Crippen LogP contribution in [0.1, 0.15) is 52.3 Å². The van der Waals surface area contributed by atoms with E-state index in [0.29, 0.717) is 17.3 Å². The Labute approximate surface area is 233 Å². The first kappa shape index (κ1) is 26.6. The lowest BCUT2D eigenvalue weighted by atomic mass is 9.96. The van der Waals surface area contributed by atoms with E-state index in [-0.39, 0.29) is 30.2 Å². The van der Waals surface area contributed by atoms with Crippen LogP contribution in [-0.4, -0.2) is 32.0 Å². The molecule has 0 saturated carbocycles. The molecule has 1 aliphatic heterocycles. The molecule has 2 N–H and O–H groups in total. The van der Waals surface area contributed by atoms with Gasteiger partial charge in [-0.25, -0.2) is 4.39 Å². The number of hydrogen-bond donors (Lipinski definition) is 2. The molecule has 8 heteroatoms. The van der Waals surface area contributed by atoms with Crippen LogP contribution in [0.3, 0.4) is 0 Å². The van der Waals surface area contributed by atoms with Crippen molar-refractivity contribution in [1.82, 2.24) is 19.8 Å². The molecule has 2 atom stereocenters. The van der Waals surface area contributed by atoms with Crippen molar-refractivity contribution in [2.75, 3.05) is 11.9 Å². The number of nitrogens with zero attached hydrogens (tertiary/aromatic N) is 3. The maximum absolute atomic E-state index is 13.3. The molecule has 3 heterocycles. The minimum absolute atomic E-state index is 0.156. The zero-order valence-corrected chi connectivity index (χ0v) is 23.3. The first-order chi connectivity index (χ1) is 18.7. The minimum Gasteiger partial charge on any atom is -0.352 e. The van der Waals surface area contributed by atoms with Gasteiger partial charge in [0.2, 0.25) is 5.91 Å². The quantitative estimate of drug-likeness (QED) is 0.271. The number of hydrogen-bond acceptors (Lipinski definition) is 3. The number of rotatable bonds is 7. The van der Waals surface area contributed by atoms with E-state index in [9.17, 15) is 9.18 Å². The summed E-state index contributed by atoms with van der Waals surface area (Å²) in [6, 6.07) is 19.9. The molecule has 6 nitrogen and oxygen atoms in total. The van der Waals surface area contributed by atoms with Gasteiger partial charge in [0.1, 0.15) is 5.82 Å². The van der Waals surface area contributed by atoms with Crippen LogP contribution in [-0.2, 0) is 4.79 Å². The number of halogens is 1. The van der Waals surface area contributed by atoms with Gasteiger partial charge in [-0.3, -0.25) is 9.78 Å². The van der Waals surface area contributed by atoms with E-state index in [1.165, 1.54) is 23.3 Å². The largest absolute Gasteiger partial charge is 0.352 e. The number of benzene rings is 2. The fourth-order valence-electron chi connectivity index (χ4n) is 5.40. The van der Waals surface area contributed by atoms with Crippen molar-refractivity contribution in [2.24, 2.45) is 0 Å². The third-order valence-corrected chi connectivity index (χ3v) is 7.86. The molecule has 5 rings (SSSR count). The Morgan fingerprint density at radius 1 is 1.05 bits per heavy atom. The molecule has 0 aliphatic carbocycles. The van der Waals surface area contributed by atoms with Gasteiger partial charge < -0.3 is 20.1 Å². The number of thiocarbonyl (C=S) groups is 1. The van der Waals surface area contributed by atoms with E-state index < -0.39 is 0 Å². The number of amides is 1. The molecule has 4 aromatic rings. The number of anilines is 1. The van der Waals surface area contributed by atoms with Crippen molar-refractivity contribution in [3.05, 3.63) is 113 Å². The second-order valence-electron chi connectivity index (χ2n) is 10.0. The van der Waals surface area contributed by atoms with E-state index in [2.05, 4.69) is 77.0 Å². The molecular weight excluding hydrogens is 509 g/mol.